The molecular formula is C60H44N2O2. The fourth-order valence-corrected chi connectivity index (χ4v) is 11.2. The topological polar surface area (TPSA) is 32.8 Å². The zero-order chi connectivity index (χ0) is 42.9. The smallest absolute Gasteiger partial charge is 0.137 e. The average Bonchev–Trinajstić information content (AvgIpc) is 4.03. The van der Waals surface area contributed by atoms with Gasteiger partial charge in [-0.15, -0.1) is 0 Å². The molecule has 64 heavy (non-hydrogen) atoms. The Hall–Kier alpha value is -7.82. The third kappa shape index (κ3) is 5.17. The maximum Gasteiger partial charge on any atom is 0.137 e. The summed E-state index contributed by atoms with van der Waals surface area (Å²) in [7, 11) is 0. The second-order valence-corrected chi connectivity index (χ2v) is 18.5. The summed E-state index contributed by atoms with van der Waals surface area (Å²) in [4.78, 5) is 4.86. The van der Waals surface area contributed by atoms with Crippen LogP contribution in [0.25, 0.3) is 66.1 Å². The summed E-state index contributed by atoms with van der Waals surface area (Å²) in [5.74, 6) is 0. The summed E-state index contributed by atoms with van der Waals surface area (Å²) < 4.78 is 13.1. The highest BCUT2D eigenvalue weighted by molar-refractivity contribution is 6.15. The van der Waals surface area contributed by atoms with Gasteiger partial charge in [-0.3, -0.25) is 0 Å². The first-order valence-corrected chi connectivity index (χ1v) is 22.3. The van der Waals surface area contributed by atoms with Gasteiger partial charge >= 0.3 is 0 Å². The van der Waals surface area contributed by atoms with Crippen molar-refractivity contribution in [2.45, 2.75) is 38.5 Å². The van der Waals surface area contributed by atoms with Gasteiger partial charge in [0.2, 0.25) is 0 Å². The van der Waals surface area contributed by atoms with Crippen LogP contribution in [0.15, 0.2) is 203 Å². The lowest BCUT2D eigenvalue weighted by Crippen LogP contribution is -2.17. The molecule has 4 nitrogen and oxygen atoms in total. The Balaban J connectivity index is 1.06. The zero-order valence-electron chi connectivity index (χ0n) is 36.2. The maximum absolute atomic E-state index is 6.54. The Bertz CT molecular complexity index is 3470. The molecule has 2 aromatic heterocycles. The molecule has 2 aliphatic rings. The Labute approximate surface area is 372 Å². The molecule has 11 aromatic rings. The van der Waals surface area contributed by atoms with Crippen LogP contribution in [-0.4, -0.2) is 0 Å². The van der Waals surface area contributed by atoms with E-state index in [2.05, 4.69) is 219 Å². The van der Waals surface area contributed by atoms with Gasteiger partial charge in [-0.2, -0.15) is 0 Å². The maximum atomic E-state index is 6.54. The van der Waals surface area contributed by atoms with Gasteiger partial charge in [-0.1, -0.05) is 143 Å². The summed E-state index contributed by atoms with van der Waals surface area (Å²) >= 11 is 0. The number of para-hydroxylation sites is 2. The molecule has 2 heterocycles. The first kappa shape index (κ1) is 36.8. The number of hydrogen-bond acceptors (Lipinski definition) is 4. The molecule has 9 aromatic carbocycles. The molecular weight excluding hydrogens is 781 g/mol. The quantitative estimate of drug-likeness (QED) is 0.167. The molecule has 0 unspecified atom stereocenters. The van der Waals surface area contributed by atoms with E-state index in [1.807, 2.05) is 12.1 Å². The zero-order valence-corrected chi connectivity index (χ0v) is 36.2. The van der Waals surface area contributed by atoms with E-state index in [4.69, 9.17) is 8.83 Å². The minimum atomic E-state index is -0.173. The fraction of sp³-hybridized carbons (Fsp3) is 0.100. The fourth-order valence-electron chi connectivity index (χ4n) is 11.2. The molecule has 0 aliphatic heterocycles. The number of fused-ring (bicyclic) bond motifs is 12. The molecule has 0 spiro atoms. The number of benzene rings is 9. The summed E-state index contributed by atoms with van der Waals surface area (Å²) in [5, 5.41) is 4.34. The van der Waals surface area contributed by atoms with Crippen molar-refractivity contribution in [3.63, 3.8) is 0 Å². The molecule has 0 N–H and O–H groups in total. The van der Waals surface area contributed by atoms with E-state index in [1.54, 1.807) is 0 Å². The van der Waals surface area contributed by atoms with Crippen LogP contribution in [0.1, 0.15) is 49.9 Å². The van der Waals surface area contributed by atoms with Gasteiger partial charge in [0.15, 0.2) is 0 Å². The van der Waals surface area contributed by atoms with Gasteiger partial charge in [0, 0.05) is 44.4 Å². The molecule has 4 heteroatoms. The lowest BCUT2D eigenvalue weighted by atomic mass is 9.82. The average molecular weight is 825 g/mol. The van der Waals surface area contributed by atoms with Crippen molar-refractivity contribution in [1.82, 2.24) is 0 Å². The van der Waals surface area contributed by atoms with Gasteiger partial charge in [-0.25, -0.2) is 0 Å². The normalized spacial score (nSPS) is 14.2. The molecule has 2 aliphatic carbocycles. The standard InChI is InChI=1S/C60H44N2O2/c1-59(2)47-22-9-5-18-41(47)43-32-30-39(35-49(43)59)61(51-24-14-28-55-57(51)45-20-7-11-26-53(45)63-55)37-16-13-17-38(34-37)62(52-25-15-29-56-58(52)46-21-8-12-27-54(46)64-56)40-31-33-44-42-19-6-10-23-48(42)60(3,4)50(44)36-40/h5-36H,1-4H3. The molecule has 0 fully saturated rings. The first-order valence-electron chi connectivity index (χ1n) is 22.3. The molecule has 0 amide bonds. The Morgan fingerprint density at radius 2 is 0.688 bits per heavy atom. The second kappa shape index (κ2) is 13.3. The van der Waals surface area contributed by atoms with E-state index >= 15 is 0 Å². The third-order valence-corrected chi connectivity index (χ3v) is 14.2. The number of anilines is 6. The van der Waals surface area contributed by atoms with Crippen molar-refractivity contribution < 1.29 is 8.83 Å². The van der Waals surface area contributed by atoms with Crippen LogP contribution in [0.2, 0.25) is 0 Å². The van der Waals surface area contributed by atoms with Crippen LogP contribution < -0.4 is 9.80 Å². The third-order valence-electron chi connectivity index (χ3n) is 14.2. The number of furan rings is 2. The minimum Gasteiger partial charge on any atom is -0.456 e. The van der Waals surface area contributed by atoms with E-state index in [-0.39, 0.29) is 10.8 Å². The predicted octanol–water partition coefficient (Wildman–Crippen LogP) is 17.0. The number of nitrogens with zero attached hydrogens (tertiary/aromatic N) is 2. The Kier molecular flexibility index (Phi) is 7.67. The van der Waals surface area contributed by atoms with E-state index in [9.17, 15) is 0 Å². The van der Waals surface area contributed by atoms with Crippen molar-refractivity contribution in [2.75, 3.05) is 9.80 Å². The van der Waals surface area contributed by atoms with Crippen LogP contribution in [0.3, 0.4) is 0 Å². The lowest BCUT2D eigenvalue weighted by Gasteiger charge is -2.31. The van der Waals surface area contributed by atoms with Gasteiger partial charge < -0.3 is 18.6 Å². The number of hydrogen-bond donors (Lipinski definition) is 0. The molecule has 306 valence electrons. The van der Waals surface area contributed by atoms with Crippen LogP contribution in [0.5, 0.6) is 0 Å². The Morgan fingerprint density at radius 3 is 1.17 bits per heavy atom. The van der Waals surface area contributed by atoms with Crippen molar-refractivity contribution in [1.29, 1.82) is 0 Å². The van der Waals surface area contributed by atoms with Crippen molar-refractivity contribution >= 4 is 78.0 Å². The van der Waals surface area contributed by atoms with Gasteiger partial charge in [-0.05, 0) is 123 Å². The van der Waals surface area contributed by atoms with Crippen LogP contribution in [-0.2, 0) is 10.8 Å². The first-order chi connectivity index (χ1) is 31.3. The van der Waals surface area contributed by atoms with Crippen molar-refractivity contribution in [3.8, 4) is 22.3 Å². The van der Waals surface area contributed by atoms with E-state index in [0.29, 0.717) is 0 Å². The van der Waals surface area contributed by atoms with Gasteiger partial charge in [0.05, 0.1) is 22.1 Å². The lowest BCUT2D eigenvalue weighted by molar-refractivity contribution is 0.660. The van der Waals surface area contributed by atoms with Crippen LogP contribution in [0, 0.1) is 0 Å². The molecule has 0 saturated heterocycles. The highest BCUT2D eigenvalue weighted by Crippen LogP contribution is 2.54. The largest absolute Gasteiger partial charge is 0.456 e. The summed E-state index contributed by atoms with van der Waals surface area (Å²) in [5.41, 5.74) is 20.0. The van der Waals surface area contributed by atoms with E-state index < -0.39 is 0 Å². The summed E-state index contributed by atoms with van der Waals surface area (Å²) in [6.07, 6.45) is 0. The second-order valence-electron chi connectivity index (χ2n) is 18.5. The van der Waals surface area contributed by atoms with Crippen LogP contribution >= 0.6 is 0 Å². The minimum absolute atomic E-state index is 0.173. The SMILES string of the molecule is CC1(C)c2ccccc2-c2ccc(N(c3cccc(N(c4ccc5c(c4)C(C)(C)c4ccccc4-5)c4cccc5oc6ccccc6c45)c3)c3cccc4oc5ccccc5c34)cc21. The molecule has 0 bridgehead atoms. The molecule has 0 saturated carbocycles. The monoisotopic (exact) mass is 824 g/mol. The summed E-state index contributed by atoms with van der Waals surface area (Å²) in [6, 6.07) is 70.5. The van der Waals surface area contributed by atoms with Crippen molar-refractivity contribution in [2.24, 2.45) is 0 Å². The molecule has 0 atom stereocenters. The predicted molar refractivity (Wildman–Crippen MR) is 265 cm³/mol. The highest BCUT2D eigenvalue weighted by Gasteiger charge is 2.37. The summed E-state index contributed by atoms with van der Waals surface area (Å²) in [6.45, 7) is 9.41. The van der Waals surface area contributed by atoms with Gasteiger partial charge in [0.25, 0.3) is 0 Å². The highest BCUT2D eigenvalue weighted by atomic mass is 16.3. The van der Waals surface area contributed by atoms with Gasteiger partial charge in [0.1, 0.15) is 22.3 Å². The molecule has 0 radical (unpaired) electrons. The van der Waals surface area contributed by atoms with E-state index in [1.165, 1.54) is 44.5 Å². The van der Waals surface area contributed by atoms with Crippen LogP contribution in [0.4, 0.5) is 34.1 Å². The van der Waals surface area contributed by atoms with Crippen molar-refractivity contribution in [3.05, 3.63) is 216 Å². The Morgan fingerprint density at radius 1 is 0.312 bits per heavy atom. The van der Waals surface area contributed by atoms with E-state index in [0.717, 1.165) is 78.0 Å². The molecule has 13 rings (SSSR count). The number of rotatable bonds is 6.